The molecule has 1 heterocycles. The molecule has 1 rings (SSSR count). The number of ether oxygens (including phenoxy) is 1. The molecule has 2 heteroatoms. The molecule has 1 aliphatic rings. The van der Waals surface area contributed by atoms with Crippen molar-refractivity contribution in [2.24, 2.45) is 11.8 Å². The van der Waals surface area contributed by atoms with Crippen molar-refractivity contribution in [3.8, 4) is 0 Å². The van der Waals surface area contributed by atoms with E-state index in [9.17, 15) is 4.79 Å². The van der Waals surface area contributed by atoms with Gasteiger partial charge in [0, 0.05) is 11.8 Å². The van der Waals surface area contributed by atoms with E-state index in [0.29, 0.717) is 12.4 Å². The first-order valence-corrected chi connectivity index (χ1v) is 4.26. The van der Waals surface area contributed by atoms with Gasteiger partial charge in [-0.15, -0.1) is 0 Å². The number of Topliss-reactive ketones (excluding diaryl/α,β-unsaturated/α-hetero) is 1. The van der Waals surface area contributed by atoms with E-state index in [1.54, 1.807) is 0 Å². The highest BCUT2D eigenvalue weighted by molar-refractivity contribution is 5.83. The van der Waals surface area contributed by atoms with Crippen LogP contribution in [-0.4, -0.2) is 18.5 Å². The van der Waals surface area contributed by atoms with Crippen molar-refractivity contribution in [2.45, 2.75) is 33.3 Å². The zero-order valence-corrected chi connectivity index (χ0v) is 7.46. The Kier molecular flexibility index (Phi) is 2.66. The quantitative estimate of drug-likeness (QED) is 0.607. The molecule has 2 unspecified atom stereocenters. The molecule has 0 bridgehead atoms. The van der Waals surface area contributed by atoms with Crippen LogP contribution < -0.4 is 0 Å². The molecule has 0 spiro atoms. The summed E-state index contributed by atoms with van der Waals surface area (Å²) >= 11 is 0. The molecular weight excluding hydrogens is 140 g/mol. The van der Waals surface area contributed by atoms with E-state index in [2.05, 4.69) is 0 Å². The van der Waals surface area contributed by atoms with E-state index >= 15 is 0 Å². The predicted octanol–water partition coefficient (Wildman–Crippen LogP) is 1.64. The number of rotatable bonds is 2. The van der Waals surface area contributed by atoms with Gasteiger partial charge in [-0.25, -0.2) is 0 Å². The van der Waals surface area contributed by atoms with Crippen LogP contribution >= 0.6 is 0 Å². The number of hydrogen-bond donors (Lipinski definition) is 0. The maximum atomic E-state index is 11.4. The minimum Gasteiger partial charge on any atom is -0.378 e. The van der Waals surface area contributed by atoms with Crippen LogP contribution in [0.15, 0.2) is 0 Å². The van der Waals surface area contributed by atoms with E-state index in [4.69, 9.17) is 4.74 Å². The first-order chi connectivity index (χ1) is 5.11. The third-order valence-electron chi connectivity index (χ3n) is 2.17. The van der Waals surface area contributed by atoms with E-state index in [0.717, 1.165) is 6.42 Å². The summed E-state index contributed by atoms with van der Waals surface area (Å²) in [6, 6.07) is 0. The van der Waals surface area contributed by atoms with Crippen molar-refractivity contribution in [2.75, 3.05) is 6.61 Å². The first kappa shape index (κ1) is 8.72. The van der Waals surface area contributed by atoms with E-state index < -0.39 is 0 Å². The van der Waals surface area contributed by atoms with Gasteiger partial charge in [0.05, 0.1) is 12.7 Å². The maximum absolute atomic E-state index is 11.4. The van der Waals surface area contributed by atoms with Gasteiger partial charge in [0.2, 0.25) is 0 Å². The molecule has 11 heavy (non-hydrogen) atoms. The fourth-order valence-corrected chi connectivity index (χ4v) is 1.49. The molecule has 2 atom stereocenters. The van der Waals surface area contributed by atoms with Crippen LogP contribution in [0, 0.1) is 11.8 Å². The van der Waals surface area contributed by atoms with Crippen LogP contribution in [0.25, 0.3) is 0 Å². The van der Waals surface area contributed by atoms with E-state index in [-0.39, 0.29) is 17.9 Å². The summed E-state index contributed by atoms with van der Waals surface area (Å²) in [6.45, 7) is 6.56. The summed E-state index contributed by atoms with van der Waals surface area (Å²) in [4.78, 5) is 11.4. The second kappa shape index (κ2) is 3.35. The van der Waals surface area contributed by atoms with Crippen molar-refractivity contribution in [1.82, 2.24) is 0 Å². The van der Waals surface area contributed by atoms with Crippen molar-refractivity contribution in [3.05, 3.63) is 0 Å². The maximum Gasteiger partial charge on any atom is 0.140 e. The molecule has 2 nitrogen and oxygen atoms in total. The van der Waals surface area contributed by atoms with Gasteiger partial charge < -0.3 is 4.74 Å². The summed E-state index contributed by atoms with van der Waals surface area (Å²) in [7, 11) is 0. The molecule has 0 radical (unpaired) electrons. The fraction of sp³-hybridized carbons (Fsp3) is 0.889. The SMILES string of the molecule is CC1CC(C(=O)C(C)C)CO1. The number of hydrogen-bond acceptors (Lipinski definition) is 2. The molecular formula is C9H16O2. The summed E-state index contributed by atoms with van der Waals surface area (Å²) < 4.78 is 5.32. The lowest BCUT2D eigenvalue weighted by atomic mass is 9.93. The highest BCUT2D eigenvalue weighted by atomic mass is 16.5. The Morgan fingerprint density at radius 1 is 1.55 bits per heavy atom. The molecule has 1 saturated heterocycles. The normalized spacial score (nSPS) is 31.3. The number of ketones is 1. The van der Waals surface area contributed by atoms with Gasteiger partial charge in [-0.1, -0.05) is 13.8 Å². The zero-order valence-electron chi connectivity index (χ0n) is 7.46. The zero-order chi connectivity index (χ0) is 8.43. The van der Waals surface area contributed by atoms with Crippen molar-refractivity contribution < 1.29 is 9.53 Å². The molecule has 0 aliphatic carbocycles. The smallest absolute Gasteiger partial charge is 0.140 e. The first-order valence-electron chi connectivity index (χ1n) is 4.26. The second-order valence-corrected chi connectivity index (χ2v) is 3.63. The summed E-state index contributed by atoms with van der Waals surface area (Å²) in [5.41, 5.74) is 0. The average Bonchev–Trinajstić information content (AvgIpc) is 2.34. The van der Waals surface area contributed by atoms with Gasteiger partial charge >= 0.3 is 0 Å². The Morgan fingerprint density at radius 3 is 2.55 bits per heavy atom. The molecule has 0 saturated carbocycles. The molecule has 1 fully saturated rings. The lowest BCUT2D eigenvalue weighted by molar-refractivity contribution is -0.125. The van der Waals surface area contributed by atoms with Crippen molar-refractivity contribution >= 4 is 5.78 Å². The molecule has 0 N–H and O–H groups in total. The Labute approximate surface area is 67.9 Å². The Hall–Kier alpha value is -0.370. The largest absolute Gasteiger partial charge is 0.378 e. The third-order valence-corrected chi connectivity index (χ3v) is 2.17. The van der Waals surface area contributed by atoms with Crippen molar-refractivity contribution in [1.29, 1.82) is 0 Å². The van der Waals surface area contributed by atoms with Crippen LogP contribution in [0.1, 0.15) is 27.2 Å². The summed E-state index contributed by atoms with van der Waals surface area (Å²) in [6.07, 6.45) is 1.19. The average molecular weight is 156 g/mol. The molecule has 64 valence electrons. The number of carbonyl (C=O) groups is 1. The van der Waals surface area contributed by atoms with Gasteiger partial charge in [0.1, 0.15) is 5.78 Å². The molecule has 0 amide bonds. The Morgan fingerprint density at radius 2 is 2.18 bits per heavy atom. The lowest BCUT2D eigenvalue weighted by Crippen LogP contribution is -2.19. The molecule has 1 aliphatic heterocycles. The van der Waals surface area contributed by atoms with Crippen LogP contribution in [0.5, 0.6) is 0 Å². The van der Waals surface area contributed by atoms with Gasteiger partial charge in [-0.05, 0) is 13.3 Å². The monoisotopic (exact) mass is 156 g/mol. The molecule has 0 aromatic carbocycles. The lowest BCUT2D eigenvalue weighted by Gasteiger charge is -2.08. The summed E-state index contributed by atoms with van der Waals surface area (Å²) in [5, 5.41) is 0. The molecule has 0 aromatic rings. The highest BCUT2D eigenvalue weighted by Crippen LogP contribution is 2.22. The van der Waals surface area contributed by atoms with Gasteiger partial charge in [-0.2, -0.15) is 0 Å². The second-order valence-electron chi connectivity index (χ2n) is 3.63. The van der Waals surface area contributed by atoms with Gasteiger partial charge in [0.15, 0.2) is 0 Å². The highest BCUT2D eigenvalue weighted by Gasteiger charge is 2.29. The third kappa shape index (κ3) is 2.03. The molecule has 0 aromatic heterocycles. The Balaban J connectivity index is 2.43. The van der Waals surface area contributed by atoms with E-state index in [1.165, 1.54) is 0 Å². The van der Waals surface area contributed by atoms with Crippen LogP contribution in [-0.2, 0) is 9.53 Å². The van der Waals surface area contributed by atoms with Crippen molar-refractivity contribution in [3.63, 3.8) is 0 Å². The standard InChI is InChI=1S/C9H16O2/c1-6(2)9(10)8-4-7(3)11-5-8/h6-8H,4-5H2,1-3H3. The number of carbonyl (C=O) groups excluding carboxylic acids is 1. The topological polar surface area (TPSA) is 26.3 Å². The minimum absolute atomic E-state index is 0.161. The van der Waals surface area contributed by atoms with Gasteiger partial charge in [0.25, 0.3) is 0 Å². The predicted molar refractivity (Wildman–Crippen MR) is 43.4 cm³/mol. The van der Waals surface area contributed by atoms with Crippen LogP contribution in [0.4, 0.5) is 0 Å². The van der Waals surface area contributed by atoms with Gasteiger partial charge in [-0.3, -0.25) is 4.79 Å². The Bertz CT molecular complexity index is 152. The van der Waals surface area contributed by atoms with Crippen LogP contribution in [0.3, 0.4) is 0 Å². The van der Waals surface area contributed by atoms with Crippen LogP contribution in [0.2, 0.25) is 0 Å². The summed E-state index contributed by atoms with van der Waals surface area (Å²) in [5.74, 6) is 0.688. The minimum atomic E-state index is 0.161. The fourth-order valence-electron chi connectivity index (χ4n) is 1.49. The van der Waals surface area contributed by atoms with E-state index in [1.807, 2.05) is 20.8 Å².